The average molecular weight is 499 g/mol. The molecule has 0 atom stereocenters. The lowest BCUT2D eigenvalue weighted by Crippen LogP contribution is -1.82. The standard InChI is InChI=1S/C32H18S3/c1-4-16-26-19(9-1)21-12-7-14-24(30(21)33-26)29-23-11-3-6-18-28(23)35-32(29)25-15-8-13-22-20-10-2-5-17-27(20)34-31(22)25/h1-18H. The van der Waals surface area contributed by atoms with E-state index in [0.29, 0.717) is 0 Å². The Balaban J connectivity index is 1.52. The Kier molecular flexibility index (Phi) is 4.23. The van der Waals surface area contributed by atoms with E-state index >= 15 is 0 Å². The third-order valence-corrected chi connectivity index (χ3v) is 10.6. The van der Waals surface area contributed by atoms with Gasteiger partial charge in [-0.3, -0.25) is 0 Å². The van der Waals surface area contributed by atoms with Gasteiger partial charge in [-0.2, -0.15) is 0 Å². The second-order valence-corrected chi connectivity index (χ2v) is 12.0. The van der Waals surface area contributed by atoms with Crippen molar-refractivity contribution in [3.8, 4) is 21.6 Å². The molecule has 0 aliphatic heterocycles. The Morgan fingerprint density at radius 1 is 0.343 bits per heavy atom. The van der Waals surface area contributed by atoms with E-state index in [0.717, 1.165) is 0 Å². The molecule has 0 saturated heterocycles. The third-order valence-electron chi connectivity index (χ3n) is 6.92. The Hall–Kier alpha value is -3.50. The molecular formula is C32H18S3. The molecule has 0 aliphatic carbocycles. The molecule has 0 spiro atoms. The lowest BCUT2D eigenvalue weighted by Gasteiger charge is -2.08. The third kappa shape index (κ3) is 2.83. The van der Waals surface area contributed by atoms with Crippen molar-refractivity contribution in [2.45, 2.75) is 0 Å². The van der Waals surface area contributed by atoms with Crippen LogP contribution >= 0.6 is 34.0 Å². The van der Waals surface area contributed by atoms with Gasteiger partial charge in [-0.25, -0.2) is 0 Å². The summed E-state index contributed by atoms with van der Waals surface area (Å²) in [5, 5.41) is 6.75. The van der Waals surface area contributed by atoms with Crippen LogP contribution < -0.4 is 0 Å². The van der Waals surface area contributed by atoms with Crippen molar-refractivity contribution in [1.29, 1.82) is 0 Å². The minimum absolute atomic E-state index is 1.34. The largest absolute Gasteiger partial charge is 0.135 e. The van der Waals surface area contributed by atoms with Crippen molar-refractivity contribution in [1.82, 2.24) is 0 Å². The molecule has 3 heteroatoms. The molecule has 0 aliphatic rings. The summed E-state index contributed by atoms with van der Waals surface area (Å²) in [6.07, 6.45) is 0. The van der Waals surface area contributed by atoms with Gasteiger partial charge >= 0.3 is 0 Å². The fourth-order valence-electron chi connectivity index (χ4n) is 5.37. The quantitative estimate of drug-likeness (QED) is 0.222. The number of thiophene rings is 3. The fourth-order valence-corrected chi connectivity index (χ4v) is 9.13. The Morgan fingerprint density at radius 3 is 1.43 bits per heavy atom. The Labute approximate surface area is 214 Å². The molecule has 0 unspecified atom stereocenters. The second-order valence-electron chi connectivity index (χ2n) is 8.86. The van der Waals surface area contributed by atoms with Crippen LogP contribution in [-0.2, 0) is 0 Å². The molecule has 0 radical (unpaired) electrons. The summed E-state index contributed by atoms with van der Waals surface area (Å²) < 4.78 is 6.80. The van der Waals surface area contributed by atoms with E-state index in [4.69, 9.17) is 0 Å². The topological polar surface area (TPSA) is 0 Å². The van der Waals surface area contributed by atoms with Crippen LogP contribution in [0.3, 0.4) is 0 Å². The van der Waals surface area contributed by atoms with Crippen molar-refractivity contribution < 1.29 is 0 Å². The van der Waals surface area contributed by atoms with Crippen LogP contribution in [0.15, 0.2) is 109 Å². The maximum absolute atomic E-state index is 2.32. The molecule has 35 heavy (non-hydrogen) atoms. The zero-order valence-electron chi connectivity index (χ0n) is 18.6. The lowest BCUT2D eigenvalue weighted by molar-refractivity contribution is 1.77. The summed E-state index contributed by atoms with van der Waals surface area (Å²) in [6.45, 7) is 0. The van der Waals surface area contributed by atoms with Gasteiger partial charge in [-0.1, -0.05) is 91.0 Å². The molecule has 0 nitrogen and oxygen atoms in total. The number of fused-ring (bicyclic) bond motifs is 7. The molecular weight excluding hydrogens is 481 g/mol. The second kappa shape index (κ2) is 7.50. The van der Waals surface area contributed by atoms with Gasteiger partial charge in [0.15, 0.2) is 0 Å². The number of hydrogen-bond acceptors (Lipinski definition) is 3. The number of rotatable bonds is 2. The zero-order chi connectivity index (χ0) is 22.9. The Morgan fingerprint density at radius 2 is 0.800 bits per heavy atom. The maximum atomic E-state index is 2.32. The van der Waals surface area contributed by atoms with Crippen molar-refractivity contribution >= 4 is 84.4 Å². The van der Waals surface area contributed by atoms with Gasteiger partial charge in [0.2, 0.25) is 0 Å². The summed E-state index contributed by atoms with van der Waals surface area (Å²) in [5.74, 6) is 0. The highest BCUT2D eigenvalue weighted by molar-refractivity contribution is 7.28. The van der Waals surface area contributed by atoms with E-state index in [9.17, 15) is 0 Å². The SMILES string of the molecule is c1ccc2c(-c3cccc4c3sc3ccccc34)c(-c3cccc4c3sc3ccccc34)sc2c1. The van der Waals surface area contributed by atoms with E-state index in [1.54, 1.807) is 0 Å². The highest BCUT2D eigenvalue weighted by atomic mass is 32.1. The first-order chi connectivity index (χ1) is 17.4. The summed E-state index contributed by atoms with van der Waals surface area (Å²) in [6, 6.07) is 40.1. The smallest absolute Gasteiger partial charge is 0.0448 e. The predicted octanol–water partition coefficient (Wildman–Crippen LogP) is 11.0. The van der Waals surface area contributed by atoms with Gasteiger partial charge in [0.05, 0.1) is 0 Å². The minimum atomic E-state index is 1.34. The lowest BCUT2D eigenvalue weighted by atomic mass is 9.96. The first kappa shape index (κ1) is 19.8. The van der Waals surface area contributed by atoms with Gasteiger partial charge in [-0.15, -0.1) is 34.0 Å². The fraction of sp³-hybridized carbons (Fsp3) is 0. The molecule has 0 fully saturated rings. The van der Waals surface area contributed by atoms with E-state index < -0.39 is 0 Å². The van der Waals surface area contributed by atoms with Crippen LogP contribution in [-0.4, -0.2) is 0 Å². The van der Waals surface area contributed by atoms with Crippen molar-refractivity contribution in [3.05, 3.63) is 109 Å². The molecule has 164 valence electrons. The summed E-state index contributed by atoms with van der Waals surface area (Å²) in [4.78, 5) is 1.37. The molecule has 0 amide bonds. The van der Waals surface area contributed by atoms with Gasteiger partial charge in [-0.05, 0) is 18.2 Å². The highest BCUT2D eigenvalue weighted by Gasteiger charge is 2.21. The first-order valence-electron chi connectivity index (χ1n) is 11.7. The van der Waals surface area contributed by atoms with Crippen LogP contribution in [0.25, 0.3) is 72.0 Å². The summed E-state index contributed by atoms with van der Waals surface area (Å²) in [7, 11) is 0. The molecule has 3 heterocycles. The minimum Gasteiger partial charge on any atom is -0.135 e. The molecule has 3 aromatic heterocycles. The first-order valence-corrected chi connectivity index (χ1v) is 14.1. The van der Waals surface area contributed by atoms with Crippen LogP contribution in [0.5, 0.6) is 0 Å². The molecule has 0 saturated carbocycles. The molecule has 0 bridgehead atoms. The molecule has 8 rings (SSSR count). The highest BCUT2D eigenvalue weighted by Crippen LogP contribution is 2.51. The van der Waals surface area contributed by atoms with Crippen LogP contribution in [0, 0.1) is 0 Å². The van der Waals surface area contributed by atoms with Gasteiger partial charge in [0.1, 0.15) is 0 Å². The van der Waals surface area contributed by atoms with Crippen LogP contribution in [0.4, 0.5) is 0 Å². The molecule has 8 aromatic rings. The summed E-state index contributed by atoms with van der Waals surface area (Å²) >= 11 is 5.75. The van der Waals surface area contributed by atoms with Crippen molar-refractivity contribution in [2.75, 3.05) is 0 Å². The molecule has 0 N–H and O–H groups in total. The maximum Gasteiger partial charge on any atom is 0.0448 e. The van der Waals surface area contributed by atoms with Gasteiger partial charge < -0.3 is 0 Å². The normalized spacial score (nSPS) is 12.0. The summed E-state index contributed by atoms with van der Waals surface area (Å²) in [5.41, 5.74) is 4.06. The van der Waals surface area contributed by atoms with Crippen LogP contribution in [0.2, 0.25) is 0 Å². The molecule has 5 aromatic carbocycles. The van der Waals surface area contributed by atoms with E-state index in [1.807, 2.05) is 34.0 Å². The monoisotopic (exact) mass is 498 g/mol. The Bertz CT molecular complexity index is 2070. The van der Waals surface area contributed by atoms with Crippen molar-refractivity contribution in [2.24, 2.45) is 0 Å². The van der Waals surface area contributed by atoms with E-state index in [1.165, 1.54) is 72.0 Å². The van der Waals surface area contributed by atoms with E-state index in [-0.39, 0.29) is 0 Å². The van der Waals surface area contributed by atoms with Crippen molar-refractivity contribution in [3.63, 3.8) is 0 Å². The van der Waals surface area contributed by atoms with Gasteiger partial charge in [0, 0.05) is 72.0 Å². The van der Waals surface area contributed by atoms with Gasteiger partial charge in [0.25, 0.3) is 0 Å². The number of hydrogen-bond donors (Lipinski definition) is 0. The predicted molar refractivity (Wildman–Crippen MR) is 158 cm³/mol. The van der Waals surface area contributed by atoms with Crippen LogP contribution in [0.1, 0.15) is 0 Å². The zero-order valence-corrected chi connectivity index (χ0v) is 21.1. The van der Waals surface area contributed by atoms with E-state index in [2.05, 4.69) is 109 Å². The average Bonchev–Trinajstić information content (AvgIpc) is 3.59. The number of benzene rings is 5.